The maximum Gasteiger partial charge on any atom is 0.397 e. The number of aromatic nitrogens is 1. The minimum atomic E-state index is -0.944. The summed E-state index contributed by atoms with van der Waals surface area (Å²) in [6, 6.07) is 5.55. The van der Waals surface area contributed by atoms with Crippen molar-refractivity contribution in [2.75, 3.05) is 0 Å². The number of hydrogen-bond donors (Lipinski definition) is 0. The third kappa shape index (κ3) is 2.34. The molecule has 0 unspecified atom stereocenters. The van der Waals surface area contributed by atoms with Crippen molar-refractivity contribution in [1.29, 1.82) is 5.26 Å². The normalized spacial score (nSPS) is 21.1. The van der Waals surface area contributed by atoms with Crippen molar-refractivity contribution >= 4 is 6.09 Å². The summed E-state index contributed by atoms with van der Waals surface area (Å²) in [5.74, 6) is 0. The summed E-state index contributed by atoms with van der Waals surface area (Å²) in [6.45, 7) is 0. The van der Waals surface area contributed by atoms with E-state index in [4.69, 9.17) is 15.5 Å². The molecule has 1 aromatic heterocycles. The first kappa shape index (κ1) is 11.8. The van der Waals surface area contributed by atoms with Gasteiger partial charge in [-0.3, -0.25) is 0 Å². The number of amides is 1. The standard InChI is InChI=1S/C11H9N5O2/c12-7-9-2-1-5-16(9)8-3-4-10(6-8)18-11(17)14-15-13/h1-5,8,10H,6H2/t8-,10-/m0/s1. The SMILES string of the molecule is N#Cc1cccn1[C@H]1C=C[C@H](OC(=O)N=[N+]=[N-])C1. The Bertz CT molecular complexity index is 576. The molecule has 0 aliphatic heterocycles. The number of nitrogens with zero attached hydrogens (tertiary/aromatic N) is 5. The first-order chi connectivity index (χ1) is 8.74. The number of nitriles is 1. The lowest BCUT2D eigenvalue weighted by Crippen LogP contribution is -2.14. The quantitative estimate of drug-likeness (QED) is 0.345. The highest BCUT2D eigenvalue weighted by atomic mass is 16.6. The van der Waals surface area contributed by atoms with Gasteiger partial charge in [0.2, 0.25) is 0 Å². The van der Waals surface area contributed by atoms with Gasteiger partial charge in [0.15, 0.2) is 0 Å². The van der Waals surface area contributed by atoms with E-state index >= 15 is 0 Å². The minimum Gasteiger partial charge on any atom is -0.453 e. The Labute approximate surface area is 103 Å². The van der Waals surface area contributed by atoms with Gasteiger partial charge >= 0.3 is 6.09 Å². The van der Waals surface area contributed by atoms with Crippen LogP contribution in [0.5, 0.6) is 0 Å². The molecule has 1 heterocycles. The average Bonchev–Trinajstić information content (AvgIpc) is 2.96. The molecule has 0 fully saturated rings. The molecule has 1 aromatic rings. The van der Waals surface area contributed by atoms with Crippen LogP contribution in [0, 0.1) is 11.3 Å². The van der Waals surface area contributed by atoms with E-state index in [1.807, 2.05) is 6.08 Å². The van der Waals surface area contributed by atoms with E-state index in [0.717, 1.165) is 0 Å². The number of azide groups is 1. The van der Waals surface area contributed by atoms with Gasteiger partial charge in [0.25, 0.3) is 0 Å². The van der Waals surface area contributed by atoms with Crippen molar-refractivity contribution in [3.63, 3.8) is 0 Å². The second-order valence-electron chi connectivity index (χ2n) is 3.71. The third-order valence-corrected chi connectivity index (χ3v) is 2.65. The van der Waals surface area contributed by atoms with Crippen molar-refractivity contribution in [3.8, 4) is 6.07 Å². The molecule has 0 N–H and O–H groups in total. The molecule has 1 amide bonds. The average molecular weight is 243 g/mol. The zero-order valence-corrected chi connectivity index (χ0v) is 9.30. The maximum absolute atomic E-state index is 11.0. The Morgan fingerprint density at radius 1 is 1.67 bits per heavy atom. The molecule has 0 radical (unpaired) electrons. The van der Waals surface area contributed by atoms with Gasteiger partial charge in [-0.05, 0) is 23.7 Å². The molecule has 18 heavy (non-hydrogen) atoms. The Hall–Kier alpha value is -2.71. The molecular formula is C11H9N5O2. The van der Waals surface area contributed by atoms with Gasteiger partial charge in [0.05, 0.1) is 6.04 Å². The van der Waals surface area contributed by atoms with Crippen molar-refractivity contribution in [1.82, 2.24) is 4.57 Å². The van der Waals surface area contributed by atoms with Gasteiger partial charge in [-0.1, -0.05) is 6.08 Å². The van der Waals surface area contributed by atoms with E-state index in [1.165, 1.54) is 0 Å². The molecule has 7 nitrogen and oxygen atoms in total. The van der Waals surface area contributed by atoms with Crippen LogP contribution in [0.4, 0.5) is 4.79 Å². The maximum atomic E-state index is 11.0. The zero-order chi connectivity index (χ0) is 13.0. The van der Waals surface area contributed by atoms with Crippen LogP contribution in [0.1, 0.15) is 18.2 Å². The summed E-state index contributed by atoms with van der Waals surface area (Å²) < 4.78 is 6.71. The number of rotatable bonds is 2. The van der Waals surface area contributed by atoms with E-state index in [1.54, 1.807) is 29.0 Å². The lowest BCUT2D eigenvalue weighted by atomic mass is 10.2. The Morgan fingerprint density at radius 2 is 2.50 bits per heavy atom. The second-order valence-corrected chi connectivity index (χ2v) is 3.71. The summed E-state index contributed by atoms with van der Waals surface area (Å²) in [5, 5.41) is 11.7. The summed E-state index contributed by atoms with van der Waals surface area (Å²) in [5.41, 5.74) is 8.63. The zero-order valence-electron chi connectivity index (χ0n) is 9.30. The van der Waals surface area contributed by atoms with Gasteiger partial charge in [0, 0.05) is 22.6 Å². The molecule has 2 atom stereocenters. The van der Waals surface area contributed by atoms with Gasteiger partial charge in [0.1, 0.15) is 17.9 Å². The molecule has 90 valence electrons. The highest BCUT2D eigenvalue weighted by Crippen LogP contribution is 2.26. The molecule has 0 spiro atoms. The molecular weight excluding hydrogens is 234 g/mol. The summed E-state index contributed by atoms with van der Waals surface area (Å²) >= 11 is 0. The summed E-state index contributed by atoms with van der Waals surface area (Å²) in [7, 11) is 0. The monoisotopic (exact) mass is 243 g/mol. The molecule has 2 rings (SSSR count). The topological polar surface area (TPSA) is 104 Å². The number of hydrogen-bond acceptors (Lipinski definition) is 3. The molecule has 0 bridgehead atoms. The van der Waals surface area contributed by atoms with Crippen LogP contribution in [0.2, 0.25) is 0 Å². The number of allylic oxidation sites excluding steroid dienone is 1. The van der Waals surface area contributed by atoms with Crippen LogP contribution in [0.15, 0.2) is 35.6 Å². The molecule has 1 aliphatic rings. The van der Waals surface area contributed by atoms with E-state index in [2.05, 4.69) is 16.1 Å². The number of carbonyl (C=O) groups is 1. The van der Waals surface area contributed by atoms with Gasteiger partial charge in [-0.15, -0.1) is 0 Å². The molecule has 0 aromatic carbocycles. The number of ether oxygens (including phenoxy) is 1. The Morgan fingerprint density at radius 3 is 3.22 bits per heavy atom. The van der Waals surface area contributed by atoms with Crippen LogP contribution < -0.4 is 0 Å². The third-order valence-electron chi connectivity index (χ3n) is 2.65. The van der Waals surface area contributed by atoms with Crippen molar-refractivity contribution < 1.29 is 9.53 Å². The van der Waals surface area contributed by atoms with Crippen molar-refractivity contribution in [2.45, 2.75) is 18.6 Å². The lowest BCUT2D eigenvalue weighted by Gasteiger charge is -2.14. The van der Waals surface area contributed by atoms with Crippen LogP contribution in [-0.4, -0.2) is 16.8 Å². The van der Waals surface area contributed by atoms with Gasteiger partial charge in [-0.25, -0.2) is 4.79 Å². The van der Waals surface area contributed by atoms with Crippen LogP contribution in [0.25, 0.3) is 10.4 Å². The predicted molar refractivity (Wildman–Crippen MR) is 61.4 cm³/mol. The van der Waals surface area contributed by atoms with Crippen molar-refractivity contribution in [2.24, 2.45) is 5.11 Å². The fraction of sp³-hybridized carbons (Fsp3) is 0.273. The smallest absolute Gasteiger partial charge is 0.397 e. The fourth-order valence-electron chi connectivity index (χ4n) is 1.91. The van der Waals surface area contributed by atoms with Crippen LogP contribution in [-0.2, 0) is 4.74 Å². The highest BCUT2D eigenvalue weighted by molar-refractivity contribution is 5.68. The molecule has 7 heteroatoms. The Balaban J connectivity index is 2.02. The first-order valence-corrected chi connectivity index (χ1v) is 5.25. The second kappa shape index (κ2) is 5.08. The summed E-state index contributed by atoms with van der Waals surface area (Å²) in [4.78, 5) is 13.3. The van der Waals surface area contributed by atoms with E-state index in [0.29, 0.717) is 12.1 Å². The van der Waals surface area contributed by atoms with E-state index in [-0.39, 0.29) is 6.04 Å². The first-order valence-electron chi connectivity index (χ1n) is 5.25. The van der Waals surface area contributed by atoms with E-state index in [9.17, 15) is 4.79 Å². The highest BCUT2D eigenvalue weighted by Gasteiger charge is 2.23. The van der Waals surface area contributed by atoms with Crippen LogP contribution >= 0.6 is 0 Å². The van der Waals surface area contributed by atoms with Crippen molar-refractivity contribution in [3.05, 3.63) is 46.6 Å². The van der Waals surface area contributed by atoms with Gasteiger partial charge < -0.3 is 9.30 Å². The summed E-state index contributed by atoms with van der Waals surface area (Å²) in [6.07, 6.45) is 4.52. The largest absolute Gasteiger partial charge is 0.453 e. The van der Waals surface area contributed by atoms with Crippen LogP contribution in [0.3, 0.4) is 0 Å². The Kier molecular flexibility index (Phi) is 3.32. The minimum absolute atomic E-state index is 0.0292. The molecule has 1 aliphatic carbocycles. The molecule has 0 saturated heterocycles. The van der Waals surface area contributed by atoms with E-state index < -0.39 is 12.2 Å². The lowest BCUT2D eigenvalue weighted by molar-refractivity contribution is 0.125. The van der Waals surface area contributed by atoms with Gasteiger partial charge in [-0.2, -0.15) is 5.26 Å². The fourth-order valence-corrected chi connectivity index (χ4v) is 1.91. The number of carbonyl (C=O) groups excluding carboxylic acids is 1. The predicted octanol–water partition coefficient (Wildman–Crippen LogP) is 2.68. The molecule has 0 saturated carbocycles.